The van der Waals surface area contributed by atoms with Crippen molar-refractivity contribution in [2.75, 3.05) is 32.8 Å². The fourth-order valence-electron chi connectivity index (χ4n) is 5.11. The summed E-state index contributed by atoms with van der Waals surface area (Å²) in [6, 6.07) is 9.85. The Kier molecular flexibility index (Phi) is 13.9. The number of benzene rings is 2. The molecule has 5 nitrogen and oxygen atoms in total. The fourth-order valence-corrected chi connectivity index (χ4v) is 5.11. The molecule has 2 aromatic rings. The van der Waals surface area contributed by atoms with Crippen LogP contribution in [-0.2, 0) is 19.3 Å². The third-order valence-electron chi connectivity index (χ3n) is 7.82. The average molecular weight is 552 g/mol. The number of aryl methyl sites for hydroxylation is 1. The summed E-state index contributed by atoms with van der Waals surface area (Å²) in [7, 11) is 0. The maximum absolute atomic E-state index is 11.8. The summed E-state index contributed by atoms with van der Waals surface area (Å²) in [6.45, 7) is 22.6. The predicted molar refractivity (Wildman–Crippen MR) is 167 cm³/mol. The number of aromatic hydroxyl groups is 1. The second-order valence-electron chi connectivity index (χ2n) is 12.0. The van der Waals surface area contributed by atoms with Crippen molar-refractivity contribution in [2.45, 2.75) is 80.6 Å². The Bertz CT molecular complexity index is 1100. The molecule has 1 aliphatic rings. The van der Waals surface area contributed by atoms with Gasteiger partial charge in [0.25, 0.3) is 0 Å². The quantitative estimate of drug-likeness (QED) is 0.255. The standard InChI is InChI=1S/C21H31NO2.C14H22O2/c1-14(2)15(3)10-18-11-21(24)20(17(5)23)12-19(18)16(4)13-22-8-6-7-9-22;1-4-12-10-14(16-8-7-15)6-5-13(12)9-11(2)3/h11-12,14-15,24H,4,6-10,13H2,1-3,5H3;5-6,10-11,15H,4,7-9H2,1-3H3. The Morgan fingerprint density at radius 2 is 1.65 bits per heavy atom. The van der Waals surface area contributed by atoms with Gasteiger partial charge in [-0.05, 0) is 122 Å². The minimum atomic E-state index is -0.105. The van der Waals surface area contributed by atoms with E-state index < -0.39 is 0 Å². The normalized spacial score (nSPS) is 14.2. The van der Waals surface area contributed by atoms with Gasteiger partial charge in [-0.25, -0.2) is 0 Å². The van der Waals surface area contributed by atoms with Gasteiger partial charge in [0.2, 0.25) is 0 Å². The lowest BCUT2D eigenvalue weighted by molar-refractivity contribution is 0.101. The molecule has 0 aromatic heterocycles. The van der Waals surface area contributed by atoms with Gasteiger partial charge in [-0.3, -0.25) is 9.69 Å². The summed E-state index contributed by atoms with van der Waals surface area (Å²) in [6.07, 6.45) is 5.52. The second kappa shape index (κ2) is 16.6. The third kappa shape index (κ3) is 10.4. The summed E-state index contributed by atoms with van der Waals surface area (Å²) >= 11 is 0. The summed E-state index contributed by atoms with van der Waals surface area (Å²) in [5.41, 5.74) is 6.34. The van der Waals surface area contributed by atoms with Crippen LogP contribution in [0.2, 0.25) is 0 Å². The van der Waals surface area contributed by atoms with E-state index in [4.69, 9.17) is 9.84 Å². The molecule has 0 saturated carbocycles. The van der Waals surface area contributed by atoms with Crippen molar-refractivity contribution in [3.63, 3.8) is 0 Å². The summed E-state index contributed by atoms with van der Waals surface area (Å²) < 4.78 is 5.41. The van der Waals surface area contributed by atoms with Crippen LogP contribution in [-0.4, -0.2) is 53.7 Å². The molecule has 1 heterocycles. The molecule has 5 heteroatoms. The number of carbonyl (C=O) groups excluding carboxylic acids is 1. The maximum Gasteiger partial charge on any atom is 0.163 e. The van der Waals surface area contributed by atoms with Crippen molar-refractivity contribution >= 4 is 11.4 Å². The van der Waals surface area contributed by atoms with Gasteiger partial charge in [0, 0.05) is 6.54 Å². The summed E-state index contributed by atoms with van der Waals surface area (Å²) in [5, 5.41) is 18.9. The molecule has 2 aromatic carbocycles. The van der Waals surface area contributed by atoms with Crippen LogP contribution in [0.25, 0.3) is 5.57 Å². The number of phenolic OH excluding ortho intramolecular Hbond substituents is 1. The first kappa shape index (κ1) is 33.6. The van der Waals surface area contributed by atoms with E-state index in [-0.39, 0.29) is 18.1 Å². The minimum absolute atomic E-state index is 0.0647. The molecule has 0 aliphatic carbocycles. The number of carbonyl (C=O) groups is 1. The first-order valence-corrected chi connectivity index (χ1v) is 15.1. The predicted octanol–water partition coefficient (Wildman–Crippen LogP) is 7.36. The zero-order valence-electron chi connectivity index (χ0n) is 26.1. The van der Waals surface area contributed by atoms with Gasteiger partial charge >= 0.3 is 0 Å². The van der Waals surface area contributed by atoms with Crippen LogP contribution in [0.5, 0.6) is 11.5 Å². The molecule has 1 saturated heterocycles. The van der Waals surface area contributed by atoms with Crippen LogP contribution < -0.4 is 4.74 Å². The zero-order chi connectivity index (χ0) is 29.8. The number of hydrogen-bond acceptors (Lipinski definition) is 5. The first-order chi connectivity index (χ1) is 19.0. The molecule has 3 rings (SSSR count). The molecule has 0 bridgehead atoms. The molecule has 0 radical (unpaired) electrons. The Hall–Kier alpha value is -2.63. The van der Waals surface area contributed by atoms with Crippen molar-refractivity contribution in [1.82, 2.24) is 4.90 Å². The number of rotatable bonds is 13. The van der Waals surface area contributed by atoms with E-state index in [0.29, 0.717) is 29.9 Å². The van der Waals surface area contributed by atoms with E-state index in [1.54, 1.807) is 6.07 Å². The SMILES string of the molecule is C=C(CN1CCCC1)c1cc(C(C)=O)c(O)cc1CC(C)C(C)C.CCc1cc(OCCO)ccc1CC(C)C. The van der Waals surface area contributed by atoms with Gasteiger partial charge < -0.3 is 14.9 Å². The van der Waals surface area contributed by atoms with Crippen LogP contribution in [0.3, 0.4) is 0 Å². The number of phenols is 1. The van der Waals surface area contributed by atoms with Crippen molar-refractivity contribution < 1.29 is 19.7 Å². The van der Waals surface area contributed by atoms with Gasteiger partial charge in [-0.1, -0.05) is 54.2 Å². The van der Waals surface area contributed by atoms with Crippen LogP contribution in [0.4, 0.5) is 0 Å². The highest BCUT2D eigenvalue weighted by atomic mass is 16.5. The van der Waals surface area contributed by atoms with Crippen LogP contribution in [0.15, 0.2) is 36.9 Å². The largest absolute Gasteiger partial charge is 0.507 e. The molecular weight excluding hydrogens is 498 g/mol. The Balaban J connectivity index is 0.000000305. The van der Waals surface area contributed by atoms with Crippen LogP contribution in [0.1, 0.15) is 93.9 Å². The number of likely N-dealkylation sites (tertiary alicyclic amines) is 1. The van der Waals surface area contributed by atoms with Crippen molar-refractivity contribution in [3.05, 3.63) is 64.7 Å². The summed E-state index contributed by atoms with van der Waals surface area (Å²) in [4.78, 5) is 14.2. The Labute approximate surface area is 243 Å². The van der Waals surface area contributed by atoms with Gasteiger partial charge in [0.1, 0.15) is 18.1 Å². The van der Waals surface area contributed by atoms with Gasteiger partial charge in [-0.2, -0.15) is 0 Å². The number of aliphatic hydroxyl groups is 1. The van der Waals surface area contributed by atoms with E-state index in [9.17, 15) is 9.90 Å². The Morgan fingerprint density at radius 1 is 0.975 bits per heavy atom. The third-order valence-corrected chi connectivity index (χ3v) is 7.82. The Morgan fingerprint density at radius 3 is 2.20 bits per heavy atom. The maximum atomic E-state index is 11.8. The lowest BCUT2D eigenvalue weighted by Gasteiger charge is -2.22. The highest BCUT2D eigenvalue weighted by molar-refractivity contribution is 5.98. The lowest BCUT2D eigenvalue weighted by atomic mass is 9.86. The van der Waals surface area contributed by atoms with E-state index >= 15 is 0 Å². The lowest BCUT2D eigenvalue weighted by Crippen LogP contribution is -2.22. The second-order valence-corrected chi connectivity index (χ2v) is 12.0. The fraction of sp³-hybridized carbons (Fsp3) is 0.571. The molecule has 2 N–H and O–H groups in total. The number of nitrogens with zero attached hydrogens (tertiary/aromatic N) is 1. The van der Waals surface area contributed by atoms with Gasteiger partial charge in [0.15, 0.2) is 5.78 Å². The monoisotopic (exact) mass is 551 g/mol. The number of Topliss-reactive ketones (excluding diaryl/α,β-unsaturated/α-hetero) is 1. The molecule has 0 spiro atoms. The molecule has 1 unspecified atom stereocenters. The average Bonchev–Trinajstić information content (AvgIpc) is 3.40. The highest BCUT2D eigenvalue weighted by Gasteiger charge is 2.20. The number of ether oxygens (including phenoxy) is 1. The molecule has 1 atom stereocenters. The smallest absolute Gasteiger partial charge is 0.163 e. The number of hydrogen-bond donors (Lipinski definition) is 2. The zero-order valence-corrected chi connectivity index (χ0v) is 26.1. The molecule has 40 heavy (non-hydrogen) atoms. The minimum Gasteiger partial charge on any atom is -0.507 e. The molecular formula is C35H53NO4. The van der Waals surface area contributed by atoms with E-state index in [1.807, 2.05) is 12.1 Å². The van der Waals surface area contributed by atoms with Gasteiger partial charge in [0.05, 0.1) is 12.2 Å². The van der Waals surface area contributed by atoms with Crippen LogP contribution in [0, 0.1) is 17.8 Å². The first-order valence-electron chi connectivity index (χ1n) is 15.1. The molecule has 1 aliphatic heterocycles. The van der Waals surface area contributed by atoms with E-state index in [2.05, 4.69) is 65.2 Å². The van der Waals surface area contributed by atoms with Crippen molar-refractivity contribution in [1.29, 1.82) is 0 Å². The molecule has 1 fully saturated rings. The van der Waals surface area contributed by atoms with E-state index in [0.717, 1.165) is 61.3 Å². The van der Waals surface area contributed by atoms with E-state index in [1.165, 1.54) is 30.9 Å². The topological polar surface area (TPSA) is 70.0 Å². The van der Waals surface area contributed by atoms with Crippen molar-refractivity contribution in [3.8, 4) is 11.5 Å². The summed E-state index contributed by atoms with van der Waals surface area (Å²) in [5.74, 6) is 2.59. The molecule has 0 amide bonds. The van der Waals surface area contributed by atoms with Crippen molar-refractivity contribution in [2.24, 2.45) is 17.8 Å². The van der Waals surface area contributed by atoms with Crippen LogP contribution >= 0.6 is 0 Å². The number of ketones is 1. The molecule has 222 valence electrons. The highest BCUT2D eigenvalue weighted by Crippen LogP contribution is 2.31. The van der Waals surface area contributed by atoms with Gasteiger partial charge in [-0.15, -0.1) is 0 Å². The number of aliphatic hydroxyl groups excluding tert-OH is 1.